The van der Waals surface area contributed by atoms with E-state index < -0.39 is 29.1 Å². The summed E-state index contributed by atoms with van der Waals surface area (Å²) >= 11 is 0. The van der Waals surface area contributed by atoms with Crippen LogP contribution in [0.15, 0.2) is 60.9 Å². The average Bonchev–Trinajstić information content (AvgIpc) is 3.93. The minimum atomic E-state index is -1.03. The first-order valence-corrected chi connectivity index (χ1v) is 22.5. The van der Waals surface area contributed by atoms with Crippen LogP contribution in [0.4, 0.5) is 4.79 Å². The zero-order valence-corrected chi connectivity index (χ0v) is 38.0. The zero-order chi connectivity index (χ0) is 44.7. The molecule has 334 valence electrons. The number of aromatic amines is 2. The van der Waals surface area contributed by atoms with Crippen LogP contribution in [-0.4, -0.2) is 62.6 Å². The molecule has 2 aliphatic carbocycles. The maximum absolute atomic E-state index is 14.0. The highest BCUT2D eigenvalue weighted by atomic mass is 16.5. The van der Waals surface area contributed by atoms with E-state index >= 15 is 0 Å². The maximum atomic E-state index is 14.0. The van der Waals surface area contributed by atoms with Gasteiger partial charge in [0.25, 0.3) is 0 Å². The number of aromatic nitrogens is 4. The number of hydrogen-bond donors (Lipinski definition) is 5. The quantitative estimate of drug-likeness (QED) is 0.0778. The molecule has 2 atom stereocenters. The zero-order valence-electron chi connectivity index (χ0n) is 38.0. The summed E-state index contributed by atoms with van der Waals surface area (Å²) in [6.07, 6.45) is 11.3. The Hall–Kier alpha value is -5.46. The molecule has 2 fully saturated rings. The molecule has 2 heterocycles. The van der Waals surface area contributed by atoms with Crippen molar-refractivity contribution < 1.29 is 28.7 Å². The number of ether oxygens (including phenoxy) is 2. The second kappa shape index (κ2) is 19.3. The van der Waals surface area contributed by atoms with E-state index in [0.29, 0.717) is 43.9 Å². The molecule has 13 nitrogen and oxygen atoms in total. The van der Waals surface area contributed by atoms with Crippen LogP contribution in [0.2, 0.25) is 0 Å². The summed E-state index contributed by atoms with van der Waals surface area (Å²) in [5.74, 6) is 0.647. The lowest BCUT2D eigenvalue weighted by Crippen LogP contribution is -2.61. The summed E-state index contributed by atoms with van der Waals surface area (Å²) in [7, 11) is 0. The average molecular weight is 850 g/mol. The van der Waals surface area contributed by atoms with Crippen LogP contribution < -0.4 is 16.0 Å². The first-order chi connectivity index (χ1) is 29.5. The van der Waals surface area contributed by atoms with Gasteiger partial charge in [-0.2, -0.15) is 0 Å². The topological polar surface area (TPSA) is 180 Å². The van der Waals surface area contributed by atoms with Crippen molar-refractivity contribution in [2.45, 2.75) is 144 Å². The van der Waals surface area contributed by atoms with Gasteiger partial charge in [0.2, 0.25) is 11.8 Å². The summed E-state index contributed by atoms with van der Waals surface area (Å²) < 4.78 is 10.5. The number of carbonyl (C=O) groups excluding carboxylic acids is 4. The standard InChI is InChI=1S/C49H67N7O6/c1-9-61-38(57)29-48(25-13-11-14-26-48)43(58)54-39(46(3,4)5)41-50-30-36(52-41)34-21-17-32(18-22-34)33-19-23-35(24-20-33)37-31-51-42(53-37)40(47(6,7)8)55-44(59)49(27-15-12-16-28-49)56-45(60)62-10-2/h17-24,30-31,39-40H,9-16,25-29H2,1-8H3,(H,50,52)(H,51,53)(H,54,58)(H,55,59)(H,56,60)/t39-,40-/m1/s1. The Balaban J connectivity index is 1.14. The van der Waals surface area contributed by atoms with Crippen LogP contribution in [0.3, 0.4) is 0 Å². The molecule has 2 aliphatic rings. The molecule has 62 heavy (non-hydrogen) atoms. The second-order valence-electron chi connectivity index (χ2n) is 19.4. The van der Waals surface area contributed by atoms with E-state index in [2.05, 4.69) is 91.7 Å². The number of nitrogens with zero attached hydrogens (tertiary/aromatic N) is 2. The number of imidazole rings is 2. The fourth-order valence-corrected chi connectivity index (χ4v) is 9.00. The number of esters is 1. The number of alkyl carbamates (subject to hydrolysis) is 1. The van der Waals surface area contributed by atoms with Gasteiger partial charge < -0.3 is 35.4 Å². The Labute approximate surface area is 366 Å². The summed E-state index contributed by atoms with van der Waals surface area (Å²) in [4.78, 5) is 69.8. The first kappa shape index (κ1) is 46.1. The van der Waals surface area contributed by atoms with E-state index in [1.165, 1.54) is 0 Å². The molecule has 2 aromatic carbocycles. The third-order valence-electron chi connectivity index (χ3n) is 12.6. The molecule has 2 saturated carbocycles. The molecule has 5 N–H and O–H groups in total. The van der Waals surface area contributed by atoms with E-state index in [-0.39, 0.29) is 41.6 Å². The van der Waals surface area contributed by atoms with Gasteiger partial charge in [-0.1, -0.05) is 129 Å². The van der Waals surface area contributed by atoms with Crippen LogP contribution in [0.1, 0.15) is 150 Å². The van der Waals surface area contributed by atoms with Gasteiger partial charge in [0.05, 0.1) is 48.5 Å². The highest BCUT2D eigenvalue weighted by molar-refractivity contribution is 5.90. The minimum Gasteiger partial charge on any atom is -0.466 e. The molecular weight excluding hydrogens is 783 g/mol. The molecular formula is C49H67N7O6. The van der Waals surface area contributed by atoms with Gasteiger partial charge in [-0.05, 0) is 61.5 Å². The number of amides is 3. The van der Waals surface area contributed by atoms with E-state index in [9.17, 15) is 19.2 Å². The summed E-state index contributed by atoms with van der Waals surface area (Å²) in [6.45, 7) is 16.5. The number of carbonyl (C=O) groups is 4. The van der Waals surface area contributed by atoms with Gasteiger partial charge in [0.1, 0.15) is 17.2 Å². The highest BCUT2D eigenvalue weighted by Crippen LogP contribution is 2.42. The molecule has 13 heteroatoms. The third kappa shape index (κ3) is 10.8. The summed E-state index contributed by atoms with van der Waals surface area (Å²) in [6, 6.07) is 15.6. The smallest absolute Gasteiger partial charge is 0.407 e. The van der Waals surface area contributed by atoms with Gasteiger partial charge in [-0.3, -0.25) is 14.4 Å². The van der Waals surface area contributed by atoms with Gasteiger partial charge in [-0.15, -0.1) is 0 Å². The van der Waals surface area contributed by atoms with Crippen molar-refractivity contribution in [3.05, 3.63) is 72.6 Å². The minimum absolute atomic E-state index is 0.0886. The lowest BCUT2D eigenvalue weighted by atomic mass is 9.70. The van der Waals surface area contributed by atoms with Crippen molar-refractivity contribution in [2.75, 3.05) is 13.2 Å². The van der Waals surface area contributed by atoms with Crippen LogP contribution in [0, 0.1) is 16.2 Å². The molecule has 3 amide bonds. The van der Waals surface area contributed by atoms with Crippen molar-refractivity contribution in [1.82, 2.24) is 35.9 Å². The predicted octanol–water partition coefficient (Wildman–Crippen LogP) is 9.89. The van der Waals surface area contributed by atoms with Crippen molar-refractivity contribution >= 4 is 23.9 Å². The number of benzene rings is 2. The molecule has 0 spiro atoms. The third-order valence-corrected chi connectivity index (χ3v) is 12.6. The first-order valence-electron chi connectivity index (χ1n) is 22.5. The summed E-state index contributed by atoms with van der Waals surface area (Å²) in [5, 5.41) is 9.46. The molecule has 6 rings (SSSR count). The van der Waals surface area contributed by atoms with Gasteiger partial charge in [-0.25, -0.2) is 14.8 Å². The van der Waals surface area contributed by atoms with E-state index in [1.54, 1.807) is 13.8 Å². The van der Waals surface area contributed by atoms with Crippen LogP contribution >= 0.6 is 0 Å². The molecule has 0 unspecified atom stereocenters. The number of nitrogens with one attached hydrogen (secondary N) is 5. The Morgan fingerprint density at radius 1 is 0.613 bits per heavy atom. The Bertz CT molecular complexity index is 1990. The predicted molar refractivity (Wildman–Crippen MR) is 240 cm³/mol. The van der Waals surface area contributed by atoms with Crippen molar-refractivity contribution in [2.24, 2.45) is 16.2 Å². The molecule has 0 saturated heterocycles. The molecule has 4 aromatic rings. The number of rotatable bonds is 14. The summed E-state index contributed by atoms with van der Waals surface area (Å²) in [5.41, 5.74) is 2.94. The van der Waals surface area contributed by atoms with Gasteiger partial charge >= 0.3 is 12.1 Å². The Morgan fingerprint density at radius 3 is 1.47 bits per heavy atom. The van der Waals surface area contributed by atoms with Crippen LogP contribution in [0.5, 0.6) is 0 Å². The van der Waals surface area contributed by atoms with Gasteiger partial charge in [0.15, 0.2) is 0 Å². The monoisotopic (exact) mass is 850 g/mol. The fourth-order valence-electron chi connectivity index (χ4n) is 9.00. The normalized spacial score (nSPS) is 17.3. The Kier molecular flexibility index (Phi) is 14.3. The van der Waals surface area contributed by atoms with E-state index in [0.717, 1.165) is 72.2 Å². The van der Waals surface area contributed by atoms with Crippen molar-refractivity contribution in [3.63, 3.8) is 0 Å². The largest absolute Gasteiger partial charge is 0.466 e. The Morgan fingerprint density at radius 2 is 1.03 bits per heavy atom. The lowest BCUT2D eigenvalue weighted by Gasteiger charge is -2.39. The van der Waals surface area contributed by atoms with Gasteiger partial charge in [0, 0.05) is 23.5 Å². The molecule has 0 aliphatic heterocycles. The van der Waals surface area contributed by atoms with Crippen LogP contribution in [-0.2, 0) is 23.9 Å². The van der Waals surface area contributed by atoms with Crippen molar-refractivity contribution in [1.29, 1.82) is 0 Å². The highest BCUT2D eigenvalue weighted by Gasteiger charge is 2.45. The van der Waals surface area contributed by atoms with E-state index in [4.69, 9.17) is 19.4 Å². The second-order valence-corrected chi connectivity index (χ2v) is 19.4. The van der Waals surface area contributed by atoms with E-state index in [1.807, 2.05) is 36.7 Å². The van der Waals surface area contributed by atoms with Crippen molar-refractivity contribution in [3.8, 4) is 33.6 Å². The van der Waals surface area contributed by atoms with Crippen LogP contribution in [0.25, 0.3) is 33.6 Å². The number of H-pyrrole nitrogens is 2. The molecule has 0 bridgehead atoms. The number of hydrogen-bond acceptors (Lipinski definition) is 8. The lowest BCUT2D eigenvalue weighted by molar-refractivity contribution is -0.152. The molecule has 0 radical (unpaired) electrons. The molecule has 2 aromatic heterocycles. The SMILES string of the molecule is CCOC(=O)CC1(C(=O)N[C@H](c2nc(-c3ccc(-c4ccc(-c5c[nH]c([C@@H](NC(=O)C6(NC(=O)OCC)CCCCC6)C(C)(C)C)n5)cc4)cc3)c[nH]2)C(C)(C)C)CCCCC1. The fraction of sp³-hybridized carbons (Fsp3) is 0.551. The maximum Gasteiger partial charge on any atom is 0.407 e.